The zero-order valence-corrected chi connectivity index (χ0v) is 14.4. The number of nitrogens with one attached hydrogen (secondary N) is 1. The molecule has 0 aliphatic heterocycles. The maximum atomic E-state index is 11.9. The molecule has 0 saturated carbocycles. The Morgan fingerprint density at radius 3 is 2.39 bits per heavy atom. The van der Waals surface area contributed by atoms with Crippen molar-refractivity contribution in [1.29, 1.82) is 0 Å². The topological polar surface area (TPSA) is 47.6 Å². The van der Waals surface area contributed by atoms with Crippen molar-refractivity contribution in [3.05, 3.63) is 54.1 Å². The van der Waals surface area contributed by atoms with Gasteiger partial charge in [-0.3, -0.25) is 0 Å². The molecular formula is C18H21NO3S. The largest absolute Gasteiger partial charge is 0.487 e. The monoisotopic (exact) mass is 331 g/mol. The molecule has 5 heteroatoms. The molecule has 0 saturated heterocycles. The summed E-state index contributed by atoms with van der Waals surface area (Å²) in [7, 11) is 0. The molecule has 0 aliphatic carbocycles. The molecule has 0 unspecified atom stereocenters. The molecule has 1 amide bonds. The van der Waals surface area contributed by atoms with E-state index in [2.05, 4.69) is 5.32 Å². The van der Waals surface area contributed by atoms with Crippen LogP contribution in [0.4, 0.5) is 4.79 Å². The number of carbonyl (C=O) groups is 1. The second kappa shape index (κ2) is 8.48. The molecular weight excluding hydrogens is 310 g/mol. The molecule has 23 heavy (non-hydrogen) atoms. The standard InChI is InChI=1S/C18H21NO3S/c1-13(2)21-16-6-4-5-7-17(16)22-18(20)19-12-23-15-10-8-14(3)9-11-15/h4-11,13H,12H2,1-3H3,(H,19,20). The number of carbonyl (C=O) groups excluding carboxylic acids is 1. The Bertz CT molecular complexity index is 641. The first kappa shape index (κ1) is 17.2. The van der Waals surface area contributed by atoms with Crippen molar-refractivity contribution in [3.8, 4) is 11.5 Å². The Hall–Kier alpha value is -2.14. The van der Waals surface area contributed by atoms with Crippen molar-refractivity contribution >= 4 is 17.9 Å². The molecule has 0 radical (unpaired) electrons. The van der Waals surface area contributed by atoms with Gasteiger partial charge < -0.3 is 14.8 Å². The third-order valence-electron chi connectivity index (χ3n) is 2.89. The molecule has 1 N–H and O–H groups in total. The van der Waals surface area contributed by atoms with E-state index in [4.69, 9.17) is 9.47 Å². The summed E-state index contributed by atoms with van der Waals surface area (Å²) in [6.45, 7) is 5.89. The zero-order chi connectivity index (χ0) is 16.7. The number of benzene rings is 2. The fourth-order valence-corrected chi connectivity index (χ4v) is 2.52. The first-order chi connectivity index (χ1) is 11.0. The van der Waals surface area contributed by atoms with E-state index in [0.717, 1.165) is 4.90 Å². The van der Waals surface area contributed by atoms with Gasteiger partial charge in [-0.05, 0) is 45.0 Å². The van der Waals surface area contributed by atoms with Crippen molar-refractivity contribution in [3.63, 3.8) is 0 Å². The second-order valence-corrected chi connectivity index (χ2v) is 6.33. The van der Waals surface area contributed by atoms with Gasteiger partial charge in [-0.25, -0.2) is 4.79 Å². The Morgan fingerprint density at radius 2 is 1.74 bits per heavy atom. The summed E-state index contributed by atoms with van der Waals surface area (Å²) in [4.78, 5) is 13.0. The molecule has 0 aliphatic rings. The summed E-state index contributed by atoms with van der Waals surface area (Å²) in [5.41, 5.74) is 1.21. The van der Waals surface area contributed by atoms with E-state index in [1.807, 2.05) is 51.1 Å². The van der Waals surface area contributed by atoms with Gasteiger partial charge in [0.05, 0.1) is 12.0 Å². The van der Waals surface area contributed by atoms with E-state index in [1.165, 1.54) is 17.3 Å². The molecule has 0 atom stereocenters. The van der Waals surface area contributed by atoms with Gasteiger partial charge in [0, 0.05) is 4.90 Å². The minimum Gasteiger partial charge on any atom is -0.487 e. The Labute approximate surface area is 141 Å². The maximum absolute atomic E-state index is 11.9. The van der Waals surface area contributed by atoms with Crippen LogP contribution < -0.4 is 14.8 Å². The van der Waals surface area contributed by atoms with Crippen LogP contribution in [-0.2, 0) is 0 Å². The van der Waals surface area contributed by atoms with E-state index < -0.39 is 6.09 Å². The van der Waals surface area contributed by atoms with Crippen molar-refractivity contribution < 1.29 is 14.3 Å². The highest BCUT2D eigenvalue weighted by Crippen LogP contribution is 2.27. The zero-order valence-electron chi connectivity index (χ0n) is 13.5. The Morgan fingerprint density at radius 1 is 1.09 bits per heavy atom. The SMILES string of the molecule is Cc1ccc(SCNC(=O)Oc2ccccc2OC(C)C)cc1. The predicted molar refractivity (Wildman–Crippen MR) is 93.3 cm³/mol. The normalized spacial score (nSPS) is 10.4. The minimum atomic E-state index is -0.496. The van der Waals surface area contributed by atoms with E-state index in [-0.39, 0.29) is 6.10 Å². The van der Waals surface area contributed by atoms with Crippen LogP contribution in [0.5, 0.6) is 11.5 Å². The van der Waals surface area contributed by atoms with E-state index in [9.17, 15) is 4.79 Å². The summed E-state index contributed by atoms with van der Waals surface area (Å²) in [6.07, 6.45) is -0.482. The first-order valence-corrected chi connectivity index (χ1v) is 8.44. The van der Waals surface area contributed by atoms with Crippen LogP contribution in [0.2, 0.25) is 0 Å². The molecule has 0 fully saturated rings. The van der Waals surface area contributed by atoms with Crippen LogP contribution in [-0.4, -0.2) is 18.1 Å². The molecule has 0 aromatic heterocycles. The summed E-state index contributed by atoms with van der Waals surface area (Å²) in [6, 6.07) is 15.3. The number of thioether (sulfide) groups is 1. The van der Waals surface area contributed by atoms with Gasteiger partial charge in [-0.1, -0.05) is 29.8 Å². The lowest BCUT2D eigenvalue weighted by molar-refractivity contribution is 0.193. The van der Waals surface area contributed by atoms with E-state index in [1.54, 1.807) is 18.2 Å². The molecule has 0 heterocycles. The van der Waals surface area contributed by atoms with Crippen LogP contribution in [0.15, 0.2) is 53.4 Å². The van der Waals surface area contributed by atoms with Gasteiger partial charge in [0.15, 0.2) is 11.5 Å². The van der Waals surface area contributed by atoms with Gasteiger partial charge in [-0.2, -0.15) is 0 Å². The summed E-state index contributed by atoms with van der Waals surface area (Å²) in [5.74, 6) is 1.41. The van der Waals surface area contributed by atoms with Crippen molar-refractivity contribution in [2.24, 2.45) is 0 Å². The molecule has 2 aromatic carbocycles. The highest BCUT2D eigenvalue weighted by molar-refractivity contribution is 7.99. The van der Waals surface area contributed by atoms with Gasteiger partial charge in [0.2, 0.25) is 0 Å². The molecule has 2 rings (SSSR count). The number of hydrogen-bond acceptors (Lipinski definition) is 4. The summed E-state index contributed by atoms with van der Waals surface area (Å²) < 4.78 is 10.9. The van der Waals surface area contributed by atoms with Crippen LogP contribution in [0, 0.1) is 6.92 Å². The third-order valence-corrected chi connectivity index (χ3v) is 3.78. The Balaban J connectivity index is 1.84. The number of ether oxygens (including phenoxy) is 2. The lowest BCUT2D eigenvalue weighted by atomic mass is 10.2. The third kappa shape index (κ3) is 5.87. The molecule has 122 valence electrons. The van der Waals surface area contributed by atoms with Crippen LogP contribution in [0.1, 0.15) is 19.4 Å². The van der Waals surface area contributed by atoms with Crippen LogP contribution in [0.3, 0.4) is 0 Å². The number of amides is 1. The lowest BCUT2D eigenvalue weighted by Gasteiger charge is -2.14. The smallest absolute Gasteiger partial charge is 0.413 e. The maximum Gasteiger partial charge on any atom is 0.413 e. The summed E-state index contributed by atoms with van der Waals surface area (Å²) >= 11 is 1.54. The second-order valence-electron chi connectivity index (χ2n) is 5.28. The number of aryl methyl sites for hydroxylation is 1. The van der Waals surface area contributed by atoms with Gasteiger partial charge in [0.25, 0.3) is 0 Å². The quantitative estimate of drug-likeness (QED) is 0.620. The summed E-state index contributed by atoms with van der Waals surface area (Å²) in [5, 5.41) is 2.72. The number of hydrogen-bond donors (Lipinski definition) is 1. The highest BCUT2D eigenvalue weighted by Gasteiger charge is 2.10. The fourth-order valence-electron chi connectivity index (χ4n) is 1.83. The lowest BCUT2D eigenvalue weighted by Crippen LogP contribution is -2.26. The van der Waals surface area contributed by atoms with Crippen molar-refractivity contribution in [2.75, 3.05) is 5.88 Å². The molecule has 0 spiro atoms. The Kier molecular flexibility index (Phi) is 6.35. The van der Waals surface area contributed by atoms with Gasteiger partial charge >= 0.3 is 6.09 Å². The van der Waals surface area contributed by atoms with Crippen molar-refractivity contribution in [2.45, 2.75) is 31.8 Å². The molecule has 2 aromatic rings. The highest BCUT2D eigenvalue weighted by atomic mass is 32.2. The average molecular weight is 331 g/mol. The van der Waals surface area contributed by atoms with Gasteiger partial charge in [-0.15, -0.1) is 11.8 Å². The average Bonchev–Trinajstić information content (AvgIpc) is 2.51. The van der Waals surface area contributed by atoms with Crippen LogP contribution in [0.25, 0.3) is 0 Å². The van der Waals surface area contributed by atoms with Gasteiger partial charge in [0.1, 0.15) is 0 Å². The minimum absolute atomic E-state index is 0.0138. The van der Waals surface area contributed by atoms with E-state index in [0.29, 0.717) is 17.4 Å². The fraction of sp³-hybridized carbons (Fsp3) is 0.278. The number of rotatable bonds is 6. The van der Waals surface area contributed by atoms with Crippen molar-refractivity contribution in [1.82, 2.24) is 5.32 Å². The number of para-hydroxylation sites is 2. The van der Waals surface area contributed by atoms with E-state index >= 15 is 0 Å². The molecule has 4 nitrogen and oxygen atoms in total. The molecule has 0 bridgehead atoms. The predicted octanol–water partition coefficient (Wildman–Crippen LogP) is 4.62. The first-order valence-electron chi connectivity index (χ1n) is 7.45. The van der Waals surface area contributed by atoms with Crippen LogP contribution >= 0.6 is 11.8 Å².